The van der Waals surface area contributed by atoms with Crippen molar-refractivity contribution in [3.63, 3.8) is 0 Å². The van der Waals surface area contributed by atoms with Gasteiger partial charge in [-0.05, 0) is 13.8 Å². The molecule has 0 aromatic rings. The number of rotatable bonds is 10. The van der Waals surface area contributed by atoms with Crippen LogP contribution in [0.15, 0.2) is 0 Å². The van der Waals surface area contributed by atoms with Crippen molar-refractivity contribution in [3.05, 3.63) is 0 Å². The lowest BCUT2D eigenvalue weighted by molar-refractivity contribution is 0.00471. The van der Waals surface area contributed by atoms with Gasteiger partial charge in [-0.2, -0.15) is 0 Å². The summed E-state index contributed by atoms with van der Waals surface area (Å²) in [5, 5.41) is 21.0. The van der Waals surface area contributed by atoms with Gasteiger partial charge < -0.3 is 25.0 Å². The zero-order chi connectivity index (χ0) is 11.5. The molecule has 0 fully saturated rings. The van der Waals surface area contributed by atoms with Gasteiger partial charge in [0, 0.05) is 26.3 Å². The molecule has 0 radical (unpaired) electrons. The van der Waals surface area contributed by atoms with Crippen molar-refractivity contribution >= 4 is 0 Å². The van der Waals surface area contributed by atoms with Gasteiger partial charge in [0.2, 0.25) is 0 Å². The van der Waals surface area contributed by atoms with E-state index in [2.05, 4.69) is 5.32 Å². The lowest BCUT2D eigenvalue weighted by Gasteiger charge is -2.18. The van der Waals surface area contributed by atoms with Crippen LogP contribution in [0.4, 0.5) is 0 Å². The molecule has 0 amide bonds. The quantitative estimate of drug-likeness (QED) is 0.458. The second kappa shape index (κ2) is 10.3. The third-order valence-electron chi connectivity index (χ3n) is 1.96. The molecule has 5 nitrogen and oxygen atoms in total. The van der Waals surface area contributed by atoms with Crippen molar-refractivity contribution in [2.24, 2.45) is 0 Å². The van der Waals surface area contributed by atoms with Crippen molar-refractivity contribution in [3.8, 4) is 0 Å². The molecular weight excluding hydrogens is 198 g/mol. The molecule has 5 heteroatoms. The average Bonchev–Trinajstić information content (AvgIpc) is 2.26. The summed E-state index contributed by atoms with van der Waals surface area (Å²) in [5.74, 6) is 0. The highest BCUT2D eigenvalue weighted by Gasteiger charge is 2.09. The Hall–Kier alpha value is -0.200. The zero-order valence-corrected chi connectivity index (χ0v) is 9.61. The third-order valence-corrected chi connectivity index (χ3v) is 1.96. The minimum Gasteiger partial charge on any atom is -0.394 e. The number of hydrogen-bond donors (Lipinski definition) is 3. The molecule has 0 spiro atoms. The highest BCUT2D eigenvalue weighted by Crippen LogP contribution is 1.91. The molecule has 0 aromatic heterocycles. The van der Waals surface area contributed by atoms with E-state index in [1.54, 1.807) is 0 Å². The second-order valence-corrected chi connectivity index (χ2v) is 3.18. The maximum Gasteiger partial charge on any atom is 0.0929 e. The predicted molar refractivity (Wildman–Crippen MR) is 57.9 cm³/mol. The van der Waals surface area contributed by atoms with Gasteiger partial charge in [0.25, 0.3) is 0 Å². The molecule has 3 N–H and O–H groups in total. The van der Waals surface area contributed by atoms with Crippen LogP contribution in [-0.2, 0) is 9.47 Å². The first-order valence-electron chi connectivity index (χ1n) is 5.44. The molecule has 0 rings (SSSR count). The molecule has 0 saturated heterocycles. The fourth-order valence-corrected chi connectivity index (χ4v) is 1.23. The molecule has 2 atom stereocenters. The van der Waals surface area contributed by atoms with Crippen molar-refractivity contribution < 1.29 is 19.7 Å². The molecule has 0 aliphatic rings. The van der Waals surface area contributed by atoms with Gasteiger partial charge in [-0.25, -0.2) is 0 Å². The van der Waals surface area contributed by atoms with Gasteiger partial charge in [0.15, 0.2) is 0 Å². The molecule has 0 aromatic carbocycles. The van der Waals surface area contributed by atoms with E-state index >= 15 is 0 Å². The van der Waals surface area contributed by atoms with E-state index in [9.17, 15) is 0 Å². The van der Waals surface area contributed by atoms with E-state index in [-0.39, 0.29) is 25.4 Å². The summed E-state index contributed by atoms with van der Waals surface area (Å²) < 4.78 is 10.5. The smallest absolute Gasteiger partial charge is 0.0929 e. The highest BCUT2D eigenvalue weighted by molar-refractivity contribution is 4.64. The SMILES string of the molecule is CCOC(CO)CNCC(CO)OCC. The van der Waals surface area contributed by atoms with E-state index in [4.69, 9.17) is 19.7 Å². The summed E-state index contributed by atoms with van der Waals surface area (Å²) >= 11 is 0. The van der Waals surface area contributed by atoms with Crippen LogP contribution in [0.3, 0.4) is 0 Å². The molecule has 0 saturated carbocycles. The first-order chi connectivity index (χ1) is 7.28. The summed E-state index contributed by atoms with van der Waals surface area (Å²) in [6, 6.07) is 0. The lowest BCUT2D eigenvalue weighted by atomic mass is 10.3. The van der Waals surface area contributed by atoms with Gasteiger partial charge in [-0.3, -0.25) is 0 Å². The van der Waals surface area contributed by atoms with Crippen LogP contribution in [0.25, 0.3) is 0 Å². The number of hydrogen-bond acceptors (Lipinski definition) is 5. The largest absolute Gasteiger partial charge is 0.394 e. The molecule has 0 heterocycles. The van der Waals surface area contributed by atoms with Crippen LogP contribution in [0, 0.1) is 0 Å². The van der Waals surface area contributed by atoms with Gasteiger partial charge in [0.1, 0.15) is 0 Å². The van der Waals surface area contributed by atoms with Crippen LogP contribution in [-0.4, -0.2) is 61.9 Å². The van der Waals surface area contributed by atoms with Crippen molar-refractivity contribution in [2.75, 3.05) is 39.5 Å². The Morgan fingerprint density at radius 2 is 1.33 bits per heavy atom. The first kappa shape index (κ1) is 14.8. The molecule has 0 aliphatic heterocycles. The Labute approximate surface area is 91.4 Å². The highest BCUT2D eigenvalue weighted by atomic mass is 16.5. The molecule has 92 valence electrons. The number of aliphatic hydroxyl groups is 2. The Morgan fingerprint density at radius 1 is 0.933 bits per heavy atom. The number of ether oxygens (including phenoxy) is 2. The predicted octanol–water partition coefficient (Wildman–Crippen LogP) is -0.629. The maximum absolute atomic E-state index is 8.94. The van der Waals surface area contributed by atoms with Crippen molar-refractivity contribution in [1.29, 1.82) is 0 Å². The molecule has 0 aliphatic carbocycles. The number of nitrogens with one attached hydrogen (secondary N) is 1. The Balaban J connectivity index is 3.55. The zero-order valence-electron chi connectivity index (χ0n) is 9.61. The average molecular weight is 221 g/mol. The van der Waals surface area contributed by atoms with Crippen LogP contribution in [0.2, 0.25) is 0 Å². The third kappa shape index (κ3) is 7.70. The summed E-state index contributed by atoms with van der Waals surface area (Å²) in [7, 11) is 0. The maximum atomic E-state index is 8.94. The van der Waals surface area contributed by atoms with Crippen LogP contribution in [0.1, 0.15) is 13.8 Å². The topological polar surface area (TPSA) is 71.0 Å². The van der Waals surface area contributed by atoms with Gasteiger partial charge in [0.05, 0.1) is 25.4 Å². The van der Waals surface area contributed by atoms with Crippen molar-refractivity contribution in [1.82, 2.24) is 5.32 Å². The Bertz CT molecular complexity index is 121. The second-order valence-electron chi connectivity index (χ2n) is 3.18. The van der Waals surface area contributed by atoms with Crippen molar-refractivity contribution in [2.45, 2.75) is 26.1 Å². The molecule has 15 heavy (non-hydrogen) atoms. The summed E-state index contributed by atoms with van der Waals surface area (Å²) in [6.45, 7) is 6.07. The fraction of sp³-hybridized carbons (Fsp3) is 1.00. The monoisotopic (exact) mass is 221 g/mol. The molecular formula is C10H23NO4. The van der Waals surface area contributed by atoms with Crippen LogP contribution >= 0.6 is 0 Å². The Morgan fingerprint density at radius 3 is 1.60 bits per heavy atom. The Kier molecular flexibility index (Phi) is 10.2. The van der Waals surface area contributed by atoms with Gasteiger partial charge in [-0.1, -0.05) is 0 Å². The van der Waals surface area contributed by atoms with Crippen LogP contribution < -0.4 is 5.32 Å². The lowest BCUT2D eigenvalue weighted by Crippen LogP contribution is -2.38. The number of aliphatic hydroxyl groups excluding tert-OH is 2. The standard InChI is InChI=1S/C10H23NO4/c1-3-14-9(7-12)5-11-6-10(8-13)15-4-2/h9-13H,3-8H2,1-2H3. The molecule has 2 unspecified atom stereocenters. The summed E-state index contributed by atoms with van der Waals surface area (Å²) in [6.07, 6.45) is -0.369. The van der Waals surface area contributed by atoms with E-state index in [1.165, 1.54) is 0 Å². The first-order valence-corrected chi connectivity index (χ1v) is 5.44. The summed E-state index contributed by atoms with van der Waals surface area (Å²) in [5.41, 5.74) is 0. The van der Waals surface area contributed by atoms with Gasteiger partial charge in [-0.15, -0.1) is 0 Å². The van der Waals surface area contributed by atoms with E-state index in [1.807, 2.05) is 13.8 Å². The molecule has 0 bridgehead atoms. The van der Waals surface area contributed by atoms with E-state index in [0.717, 1.165) is 0 Å². The van der Waals surface area contributed by atoms with E-state index in [0.29, 0.717) is 26.3 Å². The minimum atomic E-state index is -0.184. The minimum absolute atomic E-state index is 0.000728. The van der Waals surface area contributed by atoms with Gasteiger partial charge >= 0.3 is 0 Å². The normalized spacial score (nSPS) is 15.2. The van der Waals surface area contributed by atoms with E-state index < -0.39 is 0 Å². The summed E-state index contributed by atoms with van der Waals surface area (Å²) in [4.78, 5) is 0. The van der Waals surface area contributed by atoms with Crippen LogP contribution in [0.5, 0.6) is 0 Å². The fourth-order valence-electron chi connectivity index (χ4n) is 1.23.